The Bertz CT molecular complexity index is 712. The van der Waals surface area contributed by atoms with E-state index in [0.717, 1.165) is 35.1 Å². The summed E-state index contributed by atoms with van der Waals surface area (Å²) in [7, 11) is 3.78. The Morgan fingerprint density at radius 3 is 2.41 bits per heavy atom. The van der Waals surface area contributed by atoms with E-state index < -0.39 is 0 Å². The molecule has 0 aromatic heterocycles. The van der Waals surface area contributed by atoms with Crippen molar-refractivity contribution in [1.29, 1.82) is 0 Å². The van der Waals surface area contributed by atoms with Crippen LogP contribution >= 0.6 is 11.9 Å². The van der Waals surface area contributed by atoms with Crippen LogP contribution < -0.4 is 19.3 Å². The quantitative estimate of drug-likeness (QED) is 0.585. The SMILES string of the molecule is CCOc1ccccc1OCCN(C)C(C)Cc1ccc(OC)c(SN)c1. The first-order chi connectivity index (χ1) is 13.1. The minimum atomic E-state index is 0.375. The topological polar surface area (TPSA) is 57.0 Å². The molecule has 0 aliphatic carbocycles. The van der Waals surface area contributed by atoms with Crippen LogP contribution in [0.1, 0.15) is 19.4 Å². The number of benzene rings is 2. The van der Waals surface area contributed by atoms with Crippen molar-refractivity contribution >= 4 is 11.9 Å². The van der Waals surface area contributed by atoms with Crippen LogP contribution in [-0.4, -0.2) is 44.9 Å². The molecule has 0 fully saturated rings. The van der Waals surface area contributed by atoms with Gasteiger partial charge in [-0.2, -0.15) is 0 Å². The van der Waals surface area contributed by atoms with E-state index in [1.165, 1.54) is 17.5 Å². The third-order valence-electron chi connectivity index (χ3n) is 4.49. The fourth-order valence-electron chi connectivity index (χ4n) is 2.80. The van der Waals surface area contributed by atoms with Gasteiger partial charge in [-0.3, -0.25) is 10.0 Å². The maximum atomic E-state index is 5.92. The lowest BCUT2D eigenvalue weighted by Crippen LogP contribution is -2.34. The Kier molecular flexibility index (Phi) is 8.78. The molecule has 0 aliphatic heterocycles. The number of para-hydroxylation sites is 2. The number of hydrogen-bond acceptors (Lipinski definition) is 6. The van der Waals surface area contributed by atoms with Gasteiger partial charge in [0.2, 0.25) is 0 Å². The van der Waals surface area contributed by atoms with E-state index in [0.29, 0.717) is 19.3 Å². The molecule has 0 saturated heterocycles. The summed E-state index contributed by atoms with van der Waals surface area (Å²) in [6.45, 7) is 6.25. The molecular weight excluding hydrogens is 360 g/mol. The number of hydrogen-bond donors (Lipinski definition) is 1. The van der Waals surface area contributed by atoms with E-state index in [2.05, 4.69) is 31.0 Å². The highest BCUT2D eigenvalue weighted by Gasteiger charge is 2.12. The molecule has 6 heteroatoms. The monoisotopic (exact) mass is 390 g/mol. The summed E-state index contributed by atoms with van der Waals surface area (Å²) in [6, 6.07) is 14.3. The molecule has 0 saturated carbocycles. The predicted molar refractivity (Wildman–Crippen MR) is 112 cm³/mol. The third kappa shape index (κ3) is 6.34. The maximum absolute atomic E-state index is 5.92. The van der Waals surface area contributed by atoms with E-state index in [9.17, 15) is 0 Å². The van der Waals surface area contributed by atoms with Gasteiger partial charge in [-0.1, -0.05) is 18.2 Å². The van der Waals surface area contributed by atoms with Gasteiger partial charge >= 0.3 is 0 Å². The van der Waals surface area contributed by atoms with Crippen molar-refractivity contribution in [2.24, 2.45) is 5.14 Å². The first kappa shape index (κ1) is 21.4. The first-order valence-electron chi connectivity index (χ1n) is 9.17. The molecule has 1 unspecified atom stereocenters. The zero-order chi connectivity index (χ0) is 19.6. The van der Waals surface area contributed by atoms with Gasteiger partial charge in [0, 0.05) is 12.6 Å². The molecule has 27 heavy (non-hydrogen) atoms. The predicted octanol–water partition coefficient (Wildman–Crippen LogP) is 4.00. The molecule has 0 radical (unpaired) electrons. The summed E-state index contributed by atoms with van der Waals surface area (Å²) in [4.78, 5) is 3.25. The molecule has 0 bridgehead atoms. The lowest BCUT2D eigenvalue weighted by Gasteiger charge is -2.25. The van der Waals surface area contributed by atoms with Gasteiger partial charge in [0.25, 0.3) is 0 Å². The maximum Gasteiger partial charge on any atom is 0.161 e. The highest BCUT2D eigenvalue weighted by Crippen LogP contribution is 2.28. The number of rotatable bonds is 11. The molecule has 5 nitrogen and oxygen atoms in total. The Balaban J connectivity index is 1.86. The highest BCUT2D eigenvalue weighted by atomic mass is 32.2. The van der Waals surface area contributed by atoms with Crippen LogP contribution in [0.4, 0.5) is 0 Å². The Hall–Kier alpha value is -1.89. The van der Waals surface area contributed by atoms with E-state index in [1.54, 1.807) is 7.11 Å². The van der Waals surface area contributed by atoms with E-state index in [1.807, 2.05) is 37.3 Å². The van der Waals surface area contributed by atoms with Crippen molar-refractivity contribution in [1.82, 2.24) is 4.90 Å². The third-order valence-corrected chi connectivity index (χ3v) is 5.06. The molecule has 148 valence electrons. The van der Waals surface area contributed by atoms with E-state index >= 15 is 0 Å². The number of nitrogens with zero attached hydrogens (tertiary/aromatic N) is 1. The van der Waals surface area contributed by atoms with Crippen LogP contribution in [0, 0.1) is 0 Å². The first-order valence-corrected chi connectivity index (χ1v) is 10.1. The summed E-state index contributed by atoms with van der Waals surface area (Å²) < 4.78 is 16.9. The lowest BCUT2D eigenvalue weighted by atomic mass is 10.1. The van der Waals surface area contributed by atoms with Gasteiger partial charge in [0.15, 0.2) is 11.5 Å². The number of ether oxygens (including phenoxy) is 3. The normalized spacial score (nSPS) is 12.1. The summed E-state index contributed by atoms with van der Waals surface area (Å²) >= 11 is 1.22. The Morgan fingerprint density at radius 1 is 1.07 bits per heavy atom. The average molecular weight is 391 g/mol. The van der Waals surface area contributed by atoms with Crippen LogP contribution in [0.3, 0.4) is 0 Å². The van der Waals surface area contributed by atoms with Crippen molar-refractivity contribution in [2.45, 2.75) is 31.2 Å². The number of nitrogens with two attached hydrogens (primary N) is 1. The molecule has 0 spiro atoms. The molecule has 1 atom stereocenters. The van der Waals surface area contributed by atoms with E-state index in [-0.39, 0.29) is 0 Å². The minimum Gasteiger partial charge on any atom is -0.496 e. The zero-order valence-electron chi connectivity index (χ0n) is 16.6. The molecule has 0 amide bonds. The van der Waals surface area contributed by atoms with Crippen molar-refractivity contribution in [2.75, 3.05) is 33.9 Å². The molecule has 2 rings (SSSR count). The zero-order valence-corrected chi connectivity index (χ0v) is 17.4. The summed E-state index contributed by atoms with van der Waals surface area (Å²) in [5.41, 5.74) is 1.24. The summed E-state index contributed by atoms with van der Waals surface area (Å²) in [5, 5.41) is 5.74. The van der Waals surface area contributed by atoms with Gasteiger partial charge in [0.05, 0.1) is 18.6 Å². The molecule has 2 aromatic carbocycles. The van der Waals surface area contributed by atoms with Crippen molar-refractivity contribution < 1.29 is 14.2 Å². The van der Waals surface area contributed by atoms with Crippen LogP contribution in [0.2, 0.25) is 0 Å². The van der Waals surface area contributed by atoms with Crippen LogP contribution in [-0.2, 0) is 6.42 Å². The van der Waals surface area contributed by atoms with Crippen molar-refractivity contribution in [3.05, 3.63) is 48.0 Å². The second-order valence-electron chi connectivity index (χ2n) is 6.37. The van der Waals surface area contributed by atoms with Crippen LogP contribution in [0.15, 0.2) is 47.4 Å². The highest BCUT2D eigenvalue weighted by molar-refractivity contribution is 7.97. The van der Waals surface area contributed by atoms with Gasteiger partial charge in [-0.25, -0.2) is 0 Å². The number of methoxy groups -OCH3 is 1. The van der Waals surface area contributed by atoms with Crippen LogP contribution in [0.5, 0.6) is 17.2 Å². The van der Waals surface area contributed by atoms with Crippen molar-refractivity contribution in [3.8, 4) is 17.2 Å². The lowest BCUT2D eigenvalue weighted by molar-refractivity contribution is 0.193. The van der Waals surface area contributed by atoms with Gasteiger partial charge < -0.3 is 14.2 Å². The standard InChI is InChI=1S/C21H30N2O3S/c1-5-25-18-8-6-7-9-19(18)26-13-12-23(3)16(2)14-17-10-11-20(24-4)21(15-17)27-22/h6-11,15-16H,5,12-14,22H2,1-4H3. The fourth-order valence-corrected chi connectivity index (χ4v) is 3.29. The Morgan fingerprint density at radius 2 is 1.78 bits per heavy atom. The molecule has 2 aromatic rings. The summed E-state index contributed by atoms with van der Waals surface area (Å²) in [6.07, 6.45) is 0.934. The van der Waals surface area contributed by atoms with Gasteiger partial charge in [0.1, 0.15) is 12.4 Å². The minimum absolute atomic E-state index is 0.375. The molecular formula is C21H30N2O3S. The smallest absolute Gasteiger partial charge is 0.161 e. The van der Waals surface area contributed by atoms with Crippen molar-refractivity contribution in [3.63, 3.8) is 0 Å². The van der Waals surface area contributed by atoms with Crippen LogP contribution in [0.25, 0.3) is 0 Å². The second-order valence-corrected chi connectivity index (χ2v) is 7.04. The van der Waals surface area contributed by atoms with E-state index in [4.69, 9.17) is 19.3 Å². The fraction of sp³-hybridized carbons (Fsp3) is 0.429. The number of likely N-dealkylation sites (N-methyl/N-ethyl adjacent to an activating group) is 1. The molecule has 2 N–H and O–H groups in total. The largest absolute Gasteiger partial charge is 0.496 e. The van der Waals surface area contributed by atoms with Gasteiger partial charge in [-0.05, 0) is 69.1 Å². The average Bonchev–Trinajstić information content (AvgIpc) is 2.69. The Labute approximate surface area is 166 Å². The summed E-state index contributed by atoms with van der Waals surface area (Å²) in [5.74, 6) is 2.40. The van der Waals surface area contributed by atoms with Gasteiger partial charge in [-0.15, -0.1) is 0 Å². The molecule has 0 aliphatic rings. The second kappa shape index (κ2) is 11.1. The molecule has 0 heterocycles.